The van der Waals surface area contributed by atoms with Crippen molar-refractivity contribution in [2.45, 2.75) is 37.4 Å². The molecule has 0 saturated heterocycles. The Bertz CT molecular complexity index is 1730. The minimum absolute atomic E-state index is 0.227. The summed E-state index contributed by atoms with van der Waals surface area (Å²) in [7, 11) is -3.30. The van der Waals surface area contributed by atoms with Crippen LogP contribution in [0.4, 0.5) is 0 Å². The third-order valence-corrected chi connectivity index (χ3v) is 7.26. The van der Waals surface area contributed by atoms with Crippen LogP contribution in [0.1, 0.15) is 24.2 Å². The Morgan fingerprint density at radius 1 is 0.972 bits per heavy atom. The van der Waals surface area contributed by atoms with E-state index in [4.69, 9.17) is 10.4 Å². The number of nitrogens with zero attached hydrogens (tertiary/aromatic N) is 6. The zero-order valence-electron chi connectivity index (χ0n) is 19.7. The van der Waals surface area contributed by atoms with E-state index in [9.17, 15) is 13.2 Å². The molecule has 0 unspecified atom stereocenters. The average molecular weight is 504 g/mol. The summed E-state index contributed by atoms with van der Waals surface area (Å²) in [5, 5.41) is 7.34. The zero-order chi connectivity index (χ0) is 25.3. The molecule has 2 aromatic carbocycles. The summed E-state index contributed by atoms with van der Waals surface area (Å²) in [4.78, 5) is 27.1. The molecule has 5 rings (SSSR count). The van der Waals surface area contributed by atoms with Crippen molar-refractivity contribution in [1.82, 2.24) is 28.7 Å². The molecule has 0 aliphatic carbocycles. The Morgan fingerprint density at radius 2 is 1.75 bits per heavy atom. The molecule has 0 spiro atoms. The molecule has 3 aromatic heterocycles. The Balaban J connectivity index is 1.56. The van der Waals surface area contributed by atoms with E-state index in [1.54, 1.807) is 39.6 Å². The summed E-state index contributed by atoms with van der Waals surface area (Å²) in [6.07, 6.45) is 7.04. The summed E-state index contributed by atoms with van der Waals surface area (Å²) < 4.78 is 28.9. The smallest absolute Gasteiger partial charge is 0.326 e. The van der Waals surface area contributed by atoms with E-state index < -0.39 is 9.84 Å². The molecule has 0 atom stereocenters. The third kappa shape index (κ3) is 4.44. The fourth-order valence-electron chi connectivity index (χ4n) is 4.36. The fourth-order valence-corrected chi connectivity index (χ4v) is 4.99. The molecule has 0 fully saturated rings. The van der Waals surface area contributed by atoms with Gasteiger partial charge in [-0.1, -0.05) is 24.3 Å². The highest BCUT2D eigenvalue weighted by atomic mass is 32.2. The number of imidazole rings is 2. The van der Waals surface area contributed by atoms with Crippen LogP contribution < -0.4 is 5.69 Å². The molecule has 5 aromatic rings. The minimum atomic E-state index is -3.30. The van der Waals surface area contributed by atoms with E-state index in [1.165, 1.54) is 12.5 Å². The summed E-state index contributed by atoms with van der Waals surface area (Å²) in [5.41, 5.74) is 3.44. The summed E-state index contributed by atoms with van der Waals surface area (Å²) in [6.45, 7) is 1.16. The number of nitrogens with one attached hydrogen (secondary N) is 1. The number of aromatic nitrogens is 6. The number of hydrogen-bond acceptors (Lipinski definition) is 7. The maximum Gasteiger partial charge on any atom is 0.331 e. The largest absolute Gasteiger partial charge is 0.331 e. The molecule has 0 radical (unpaired) electrons. The van der Waals surface area contributed by atoms with Crippen LogP contribution in [-0.4, -0.2) is 49.5 Å². The normalized spacial score (nSPS) is 11.9. The first-order chi connectivity index (χ1) is 17.4. The average Bonchev–Trinajstić information content (AvgIpc) is 3.34. The molecule has 0 saturated carbocycles. The van der Waals surface area contributed by atoms with Gasteiger partial charge >= 0.3 is 5.69 Å². The summed E-state index contributed by atoms with van der Waals surface area (Å²) in [5.74, 6) is 0.740. The van der Waals surface area contributed by atoms with Crippen molar-refractivity contribution in [2.24, 2.45) is 0 Å². The van der Waals surface area contributed by atoms with Gasteiger partial charge in [0.25, 0.3) is 0 Å². The van der Waals surface area contributed by atoms with Crippen LogP contribution in [0, 0.1) is 5.41 Å². The second-order valence-electron chi connectivity index (χ2n) is 8.62. The molecular weight excluding hydrogens is 478 g/mol. The van der Waals surface area contributed by atoms with E-state index in [1.807, 2.05) is 24.3 Å². The van der Waals surface area contributed by atoms with Gasteiger partial charge in [-0.15, -0.1) is 0 Å². The number of rotatable bonds is 9. The topological polar surface area (TPSA) is 129 Å². The summed E-state index contributed by atoms with van der Waals surface area (Å²) >= 11 is 0. The number of fused-ring (bicyclic) bond motifs is 2. The van der Waals surface area contributed by atoms with Crippen LogP contribution in [0.2, 0.25) is 0 Å². The Hall–Kier alpha value is -4.12. The standard InChI is InChI=1S/C25H25N7O3S/c1-36(34,35)19-10-8-18(9-11-19)15-32-24-22(14-27-17-28-24)31(25(32)33)16-23-29-20-6-2-3-7-21(20)30(23)13-5-4-12-26/h2-3,6-12,14,17,26H,4-5,13,15-16H2,1H3. The van der Waals surface area contributed by atoms with E-state index in [0.29, 0.717) is 24.1 Å². The molecule has 1 N–H and O–H groups in total. The van der Waals surface area contributed by atoms with Gasteiger partial charge in [-0.25, -0.2) is 28.2 Å². The molecule has 11 heteroatoms. The fraction of sp³-hybridized carbons (Fsp3) is 0.240. The minimum Gasteiger partial charge on any atom is -0.326 e. The molecule has 0 aliphatic heterocycles. The maximum atomic E-state index is 13.6. The Kier molecular flexibility index (Phi) is 6.23. The highest BCUT2D eigenvalue weighted by molar-refractivity contribution is 7.90. The second-order valence-corrected chi connectivity index (χ2v) is 10.6. The highest BCUT2D eigenvalue weighted by Crippen LogP contribution is 2.20. The predicted octanol–water partition coefficient (Wildman–Crippen LogP) is 2.87. The van der Waals surface area contributed by atoms with Gasteiger partial charge < -0.3 is 9.98 Å². The predicted molar refractivity (Wildman–Crippen MR) is 137 cm³/mol. The van der Waals surface area contributed by atoms with Gasteiger partial charge in [0.15, 0.2) is 15.5 Å². The molecule has 0 bridgehead atoms. The third-order valence-electron chi connectivity index (χ3n) is 6.14. The van der Waals surface area contributed by atoms with E-state index in [0.717, 1.165) is 35.1 Å². The number of para-hydroxylation sites is 2. The monoisotopic (exact) mass is 503 g/mol. The molecule has 184 valence electrons. The lowest BCUT2D eigenvalue weighted by molar-refractivity contribution is 0.601. The molecule has 3 heterocycles. The van der Waals surface area contributed by atoms with Crippen molar-refractivity contribution < 1.29 is 8.42 Å². The van der Waals surface area contributed by atoms with E-state index in [-0.39, 0.29) is 23.7 Å². The van der Waals surface area contributed by atoms with Crippen molar-refractivity contribution in [3.05, 3.63) is 82.9 Å². The SMILES string of the molecule is CS(=O)(=O)c1ccc(Cn2c(=O)n(Cc3nc4ccccc4n3CCCC=N)c3cncnc32)cc1. The number of hydrogen-bond donors (Lipinski definition) is 1. The lowest BCUT2D eigenvalue weighted by Gasteiger charge is -2.09. The lowest BCUT2D eigenvalue weighted by atomic mass is 10.2. The molecular formula is C25H25N7O3S. The zero-order valence-corrected chi connectivity index (χ0v) is 20.5. The molecule has 0 aliphatic rings. The Labute approximate surface area is 207 Å². The lowest BCUT2D eigenvalue weighted by Crippen LogP contribution is -2.26. The van der Waals surface area contributed by atoms with Gasteiger partial charge in [-0.05, 0) is 48.9 Å². The van der Waals surface area contributed by atoms with Gasteiger partial charge in [-0.2, -0.15) is 0 Å². The van der Waals surface area contributed by atoms with Gasteiger partial charge in [-0.3, -0.25) is 9.13 Å². The van der Waals surface area contributed by atoms with Gasteiger partial charge in [0.05, 0.1) is 35.2 Å². The van der Waals surface area contributed by atoms with Crippen molar-refractivity contribution in [3.8, 4) is 0 Å². The van der Waals surface area contributed by atoms with Crippen LogP contribution >= 0.6 is 0 Å². The van der Waals surface area contributed by atoms with Gasteiger partial charge in [0.2, 0.25) is 0 Å². The number of sulfone groups is 1. The van der Waals surface area contributed by atoms with Crippen LogP contribution in [0.5, 0.6) is 0 Å². The van der Waals surface area contributed by atoms with Crippen molar-refractivity contribution >= 4 is 38.2 Å². The van der Waals surface area contributed by atoms with Crippen molar-refractivity contribution in [3.63, 3.8) is 0 Å². The number of aryl methyl sites for hydroxylation is 1. The molecule has 0 amide bonds. The van der Waals surface area contributed by atoms with E-state index >= 15 is 0 Å². The second kappa shape index (κ2) is 9.50. The molecule has 36 heavy (non-hydrogen) atoms. The van der Waals surface area contributed by atoms with Gasteiger partial charge in [0, 0.05) is 12.8 Å². The van der Waals surface area contributed by atoms with E-state index in [2.05, 4.69) is 14.5 Å². The Morgan fingerprint density at radius 3 is 2.50 bits per heavy atom. The van der Waals surface area contributed by atoms with Crippen molar-refractivity contribution in [1.29, 1.82) is 5.41 Å². The molecule has 10 nitrogen and oxygen atoms in total. The quantitative estimate of drug-likeness (QED) is 0.243. The first-order valence-electron chi connectivity index (χ1n) is 11.5. The van der Waals surface area contributed by atoms with Crippen molar-refractivity contribution in [2.75, 3.05) is 6.26 Å². The van der Waals surface area contributed by atoms with Crippen LogP contribution in [-0.2, 0) is 29.5 Å². The first-order valence-corrected chi connectivity index (χ1v) is 13.4. The van der Waals surface area contributed by atoms with Crippen LogP contribution in [0.25, 0.3) is 22.2 Å². The van der Waals surface area contributed by atoms with Crippen LogP contribution in [0.3, 0.4) is 0 Å². The van der Waals surface area contributed by atoms with Crippen LogP contribution in [0.15, 0.2) is 70.7 Å². The first kappa shape index (κ1) is 23.6. The van der Waals surface area contributed by atoms with Gasteiger partial charge in [0.1, 0.15) is 17.7 Å². The highest BCUT2D eigenvalue weighted by Gasteiger charge is 2.19. The number of benzene rings is 2. The maximum absolute atomic E-state index is 13.6. The summed E-state index contributed by atoms with van der Waals surface area (Å²) in [6, 6.07) is 14.3. The number of unbranched alkanes of at least 4 members (excludes halogenated alkanes) is 1.